The molecule has 0 aliphatic rings. The number of hydrogen-bond acceptors (Lipinski definition) is 5. The van der Waals surface area contributed by atoms with Gasteiger partial charge in [-0.2, -0.15) is 0 Å². The van der Waals surface area contributed by atoms with Crippen molar-refractivity contribution in [2.24, 2.45) is 0 Å². The smallest absolute Gasteiger partial charge is 0.125 e. The van der Waals surface area contributed by atoms with E-state index in [2.05, 4.69) is 27.9 Å². The summed E-state index contributed by atoms with van der Waals surface area (Å²) in [6.45, 7) is 3.42. The van der Waals surface area contributed by atoms with Gasteiger partial charge in [0.2, 0.25) is 0 Å². The first-order chi connectivity index (χ1) is 11.8. The molecule has 5 nitrogen and oxygen atoms in total. The van der Waals surface area contributed by atoms with Gasteiger partial charge >= 0.3 is 0 Å². The molecule has 0 bridgehead atoms. The number of nitrogens with zero attached hydrogens (tertiary/aromatic N) is 2. The normalized spacial score (nSPS) is 11.1. The van der Waals surface area contributed by atoms with E-state index in [0.29, 0.717) is 13.2 Å². The Kier molecular flexibility index (Phi) is 5.72. The molecule has 2 aromatic heterocycles. The minimum absolute atomic E-state index is 0.651. The number of benzene rings is 1. The maximum atomic E-state index is 5.84. The van der Waals surface area contributed by atoms with E-state index in [1.165, 1.54) is 0 Å². The van der Waals surface area contributed by atoms with Gasteiger partial charge in [-0.05, 0) is 25.1 Å². The molecule has 24 heavy (non-hydrogen) atoms. The third-order valence-electron chi connectivity index (χ3n) is 3.79. The SMILES string of the molecule is COCCCOc1ccnc(CSc2cccc3[nH]cnc23)c1C. The second-order valence-electron chi connectivity index (χ2n) is 5.42. The highest BCUT2D eigenvalue weighted by atomic mass is 32.2. The lowest BCUT2D eigenvalue weighted by atomic mass is 10.2. The predicted molar refractivity (Wildman–Crippen MR) is 96.6 cm³/mol. The van der Waals surface area contributed by atoms with Crippen molar-refractivity contribution < 1.29 is 9.47 Å². The van der Waals surface area contributed by atoms with E-state index in [4.69, 9.17) is 9.47 Å². The average molecular weight is 343 g/mol. The van der Waals surface area contributed by atoms with Crippen LogP contribution in [0.2, 0.25) is 0 Å². The molecule has 0 radical (unpaired) electrons. The van der Waals surface area contributed by atoms with E-state index >= 15 is 0 Å². The number of para-hydroxylation sites is 1. The zero-order valence-corrected chi connectivity index (χ0v) is 14.7. The molecule has 0 saturated carbocycles. The van der Waals surface area contributed by atoms with Crippen LogP contribution in [0.25, 0.3) is 11.0 Å². The fourth-order valence-corrected chi connectivity index (χ4v) is 3.50. The van der Waals surface area contributed by atoms with E-state index in [-0.39, 0.29) is 0 Å². The van der Waals surface area contributed by atoms with Crippen LogP contribution in [-0.2, 0) is 10.5 Å². The van der Waals surface area contributed by atoms with Gasteiger partial charge in [-0.1, -0.05) is 6.07 Å². The molecule has 0 spiro atoms. The molecular weight excluding hydrogens is 322 g/mol. The number of imidazole rings is 1. The number of aromatic nitrogens is 3. The highest BCUT2D eigenvalue weighted by molar-refractivity contribution is 7.98. The summed E-state index contributed by atoms with van der Waals surface area (Å²) in [7, 11) is 1.70. The zero-order valence-electron chi connectivity index (χ0n) is 13.9. The number of H-pyrrole nitrogens is 1. The van der Waals surface area contributed by atoms with E-state index in [9.17, 15) is 0 Å². The van der Waals surface area contributed by atoms with Gasteiger partial charge in [0.1, 0.15) is 11.3 Å². The van der Waals surface area contributed by atoms with Gasteiger partial charge in [0, 0.05) is 42.5 Å². The first-order valence-electron chi connectivity index (χ1n) is 7.90. The summed E-state index contributed by atoms with van der Waals surface area (Å²) >= 11 is 1.74. The number of hydrogen-bond donors (Lipinski definition) is 1. The van der Waals surface area contributed by atoms with Crippen LogP contribution in [0.4, 0.5) is 0 Å². The molecule has 0 aliphatic heterocycles. The Morgan fingerprint density at radius 1 is 1.17 bits per heavy atom. The van der Waals surface area contributed by atoms with Crippen LogP contribution >= 0.6 is 11.8 Å². The second-order valence-corrected chi connectivity index (χ2v) is 6.44. The molecule has 1 aromatic carbocycles. The van der Waals surface area contributed by atoms with Gasteiger partial charge < -0.3 is 14.5 Å². The van der Waals surface area contributed by atoms with Gasteiger partial charge in [-0.25, -0.2) is 4.98 Å². The Bertz CT molecular complexity index is 804. The molecule has 3 rings (SSSR count). The molecule has 0 unspecified atom stereocenters. The Balaban J connectivity index is 1.68. The van der Waals surface area contributed by atoms with Gasteiger partial charge in [-0.3, -0.25) is 4.98 Å². The Hall–Kier alpha value is -2.05. The van der Waals surface area contributed by atoms with Crippen LogP contribution < -0.4 is 4.74 Å². The maximum absolute atomic E-state index is 5.84. The highest BCUT2D eigenvalue weighted by Crippen LogP contribution is 2.30. The molecule has 126 valence electrons. The molecule has 0 aliphatic carbocycles. The van der Waals surface area contributed by atoms with E-state index in [0.717, 1.165) is 45.1 Å². The number of fused-ring (bicyclic) bond motifs is 1. The summed E-state index contributed by atoms with van der Waals surface area (Å²) in [6.07, 6.45) is 4.42. The maximum Gasteiger partial charge on any atom is 0.125 e. The van der Waals surface area contributed by atoms with Gasteiger partial charge in [0.15, 0.2) is 0 Å². The Morgan fingerprint density at radius 2 is 2.08 bits per heavy atom. The molecule has 0 fully saturated rings. The topological polar surface area (TPSA) is 60.0 Å². The fourth-order valence-electron chi connectivity index (χ4n) is 2.45. The number of nitrogens with one attached hydrogen (secondary N) is 1. The number of ether oxygens (including phenoxy) is 2. The van der Waals surface area contributed by atoms with Crippen molar-refractivity contribution in [2.75, 3.05) is 20.3 Å². The van der Waals surface area contributed by atoms with Crippen LogP contribution in [0, 0.1) is 6.92 Å². The largest absolute Gasteiger partial charge is 0.493 e. The summed E-state index contributed by atoms with van der Waals surface area (Å²) < 4.78 is 10.9. The first kappa shape index (κ1) is 16.8. The van der Waals surface area contributed by atoms with Crippen LogP contribution in [0.3, 0.4) is 0 Å². The number of rotatable bonds is 8. The van der Waals surface area contributed by atoms with Crippen LogP contribution in [0.5, 0.6) is 5.75 Å². The Labute approximate surface area is 145 Å². The van der Waals surface area contributed by atoms with Crippen LogP contribution in [0.15, 0.2) is 41.7 Å². The number of thioether (sulfide) groups is 1. The van der Waals surface area contributed by atoms with Crippen molar-refractivity contribution in [3.63, 3.8) is 0 Å². The molecule has 0 amide bonds. The van der Waals surface area contributed by atoms with Gasteiger partial charge in [0.25, 0.3) is 0 Å². The zero-order chi connectivity index (χ0) is 16.8. The molecule has 2 heterocycles. The average Bonchev–Trinajstić information content (AvgIpc) is 3.08. The predicted octanol–water partition coefficient (Wildman–Crippen LogP) is 3.97. The van der Waals surface area contributed by atoms with Gasteiger partial charge in [0.05, 0.1) is 24.1 Å². The van der Waals surface area contributed by atoms with E-state index in [1.54, 1.807) is 25.2 Å². The standard InChI is InChI=1S/C18H21N3O2S/c1-13-15(19-8-7-16(13)23-10-4-9-22-2)11-24-17-6-3-5-14-18(17)21-12-20-14/h3,5-8,12H,4,9-11H2,1-2H3,(H,20,21). The van der Waals surface area contributed by atoms with Crippen molar-refractivity contribution in [1.82, 2.24) is 15.0 Å². The van der Waals surface area contributed by atoms with Crippen LogP contribution in [-0.4, -0.2) is 35.3 Å². The van der Waals surface area contributed by atoms with Crippen molar-refractivity contribution in [3.8, 4) is 5.75 Å². The number of pyridine rings is 1. The Morgan fingerprint density at radius 3 is 2.96 bits per heavy atom. The van der Waals surface area contributed by atoms with Crippen molar-refractivity contribution in [2.45, 2.75) is 24.0 Å². The minimum Gasteiger partial charge on any atom is -0.493 e. The summed E-state index contributed by atoms with van der Waals surface area (Å²) in [5.41, 5.74) is 4.19. The molecule has 3 aromatic rings. The molecule has 6 heteroatoms. The van der Waals surface area contributed by atoms with Crippen LogP contribution in [0.1, 0.15) is 17.7 Å². The third-order valence-corrected chi connectivity index (χ3v) is 4.84. The fraction of sp³-hybridized carbons (Fsp3) is 0.333. The van der Waals surface area contributed by atoms with Crippen molar-refractivity contribution in [1.29, 1.82) is 0 Å². The molecule has 1 N–H and O–H groups in total. The quantitative estimate of drug-likeness (QED) is 0.495. The second kappa shape index (κ2) is 8.17. The monoisotopic (exact) mass is 343 g/mol. The van der Waals surface area contributed by atoms with E-state index < -0.39 is 0 Å². The summed E-state index contributed by atoms with van der Waals surface area (Å²) in [5.74, 6) is 1.68. The van der Waals surface area contributed by atoms with Gasteiger partial charge in [-0.15, -0.1) is 11.8 Å². The lowest BCUT2D eigenvalue weighted by molar-refractivity contribution is 0.172. The number of methoxy groups -OCH3 is 1. The molecular formula is C18H21N3O2S. The minimum atomic E-state index is 0.651. The third kappa shape index (κ3) is 3.88. The highest BCUT2D eigenvalue weighted by Gasteiger charge is 2.09. The van der Waals surface area contributed by atoms with E-state index in [1.807, 2.05) is 24.4 Å². The summed E-state index contributed by atoms with van der Waals surface area (Å²) in [4.78, 5) is 13.2. The molecule has 0 saturated heterocycles. The summed E-state index contributed by atoms with van der Waals surface area (Å²) in [5, 5.41) is 0. The lowest BCUT2D eigenvalue weighted by Gasteiger charge is -2.12. The first-order valence-corrected chi connectivity index (χ1v) is 8.89. The van der Waals surface area contributed by atoms with Crippen molar-refractivity contribution >= 4 is 22.8 Å². The summed E-state index contributed by atoms with van der Waals surface area (Å²) in [6, 6.07) is 8.09. The molecule has 0 atom stereocenters. The lowest BCUT2D eigenvalue weighted by Crippen LogP contribution is -2.04. The van der Waals surface area contributed by atoms with Crippen molar-refractivity contribution in [3.05, 3.63) is 48.0 Å². The number of aromatic amines is 1.